The van der Waals surface area contributed by atoms with E-state index >= 15 is 0 Å². The van der Waals surface area contributed by atoms with Gasteiger partial charge >= 0.3 is 18.9 Å². The fourth-order valence-electron chi connectivity index (χ4n) is 3.07. The van der Waals surface area contributed by atoms with Gasteiger partial charge in [0.15, 0.2) is 11.6 Å². The summed E-state index contributed by atoms with van der Waals surface area (Å²) >= 11 is 0. The minimum absolute atomic E-state index is 0. The van der Waals surface area contributed by atoms with Gasteiger partial charge in [0.05, 0.1) is 41.5 Å². The predicted molar refractivity (Wildman–Crippen MR) is 117 cm³/mol. The first-order valence-corrected chi connectivity index (χ1v) is 9.64. The van der Waals surface area contributed by atoms with E-state index in [1.54, 1.807) is 60.5 Å². The number of aromatic nitrogens is 5. The van der Waals surface area contributed by atoms with E-state index in [9.17, 15) is 9.90 Å². The smallest absolute Gasteiger partial charge is 0.545 e. The molecule has 11 nitrogen and oxygen atoms in total. The van der Waals surface area contributed by atoms with Crippen LogP contribution in [0.3, 0.4) is 0 Å². The molecule has 0 spiro atoms. The number of hydrogen-bond donors (Lipinski definition) is 2. The summed E-state index contributed by atoms with van der Waals surface area (Å²) in [7, 11) is 3.24. The number of nitrogens with zero attached hydrogens (tertiary/aromatic N) is 6. The van der Waals surface area contributed by atoms with Gasteiger partial charge in [-0.3, -0.25) is 4.68 Å². The molecule has 0 amide bonds. The van der Waals surface area contributed by atoms with Crippen LogP contribution >= 0.6 is 0 Å². The molecule has 2 heterocycles. The molecule has 0 unspecified atom stereocenters. The zero-order chi connectivity index (χ0) is 23.4. The molecule has 0 aliphatic carbocycles. The molecular formula is C22H17LiN8O3. The number of nitriles is 1. The molecule has 4 aromatic rings. The van der Waals surface area contributed by atoms with E-state index in [4.69, 9.17) is 10.00 Å². The van der Waals surface area contributed by atoms with E-state index in [2.05, 4.69) is 30.7 Å². The van der Waals surface area contributed by atoms with Crippen LogP contribution in [0.25, 0.3) is 11.4 Å². The van der Waals surface area contributed by atoms with Crippen LogP contribution in [0.15, 0.2) is 55.0 Å². The Morgan fingerprint density at radius 1 is 1.15 bits per heavy atom. The summed E-state index contributed by atoms with van der Waals surface area (Å²) < 4.78 is 7.12. The number of aromatic carboxylic acids is 1. The van der Waals surface area contributed by atoms with Gasteiger partial charge in [-0.05, 0) is 36.4 Å². The maximum atomic E-state index is 11.7. The maximum Gasteiger partial charge on any atom is 1.00 e. The van der Waals surface area contributed by atoms with Gasteiger partial charge in [-0.2, -0.15) is 15.3 Å². The standard InChI is InChI=1S/C22H18N8O3.Li/c1-30-12-25-19(29-30)15-4-3-5-17(18(15)33-2)27-20-16(21(31)32)11-24-22(28-20)26-14-8-6-13(10-23)7-9-14;/h3-9,11-12H,1-2H3,(H,31,32)(H2,24,26,27,28);/q;+1/p-1. The number of methoxy groups -OCH3 is 1. The second-order valence-corrected chi connectivity index (χ2v) is 6.81. The zero-order valence-electron chi connectivity index (χ0n) is 18.6. The van der Waals surface area contributed by atoms with E-state index in [-0.39, 0.29) is 36.2 Å². The van der Waals surface area contributed by atoms with E-state index in [1.807, 2.05) is 6.07 Å². The molecule has 0 saturated carbocycles. The topological polar surface area (TPSA) is 154 Å². The SMILES string of the molecule is COc1c(Nc2nc(Nc3ccc(C#N)cc3)ncc2C(=O)[O-])cccc1-c1ncn(C)n1.[Li+]. The Morgan fingerprint density at radius 3 is 2.53 bits per heavy atom. The predicted octanol–water partition coefficient (Wildman–Crippen LogP) is -0.993. The monoisotopic (exact) mass is 448 g/mol. The van der Waals surface area contributed by atoms with E-state index in [0.29, 0.717) is 34.1 Å². The van der Waals surface area contributed by atoms with E-state index < -0.39 is 5.97 Å². The number of carboxylic acids is 1. The average Bonchev–Trinajstić information content (AvgIpc) is 3.25. The normalized spacial score (nSPS) is 10.0. The maximum absolute atomic E-state index is 11.7. The fourth-order valence-corrected chi connectivity index (χ4v) is 3.07. The number of carbonyl (C=O) groups excluding carboxylic acids is 1. The van der Waals surface area contributed by atoms with Crippen molar-refractivity contribution in [1.82, 2.24) is 24.7 Å². The van der Waals surface area contributed by atoms with Crippen molar-refractivity contribution in [2.24, 2.45) is 7.05 Å². The molecule has 0 fully saturated rings. The number of benzene rings is 2. The van der Waals surface area contributed by atoms with Crippen molar-refractivity contribution in [3.8, 4) is 23.2 Å². The minimum atomic E-state index is -1.44. The molecule has 0 atom stereocenters. The minimum Gasteiger partial charge on any atom is -0.545 e. The van der Waals surface area contributed by atoms with Crippen LogP contribution in [-0.2, 0) is 7.05 Å². The van der Waals surface area contributed by atoms with Gasteiger partial charge in [-0.1, -0.05) is 6.07 Å². The Balaban J connectivity index is 0.00000324. The van der Waals surface area contributed by atoms with Crippen LogP contribution in [0.5, 0.6) is 5.75 Å². The van der Waals surface area contributed by atoms with Gasteiger partial charge < -0.3 is 25.3 Å². The number of aryl methyl sites for hydroxylation is 1. The third-order valence-corrected chi connectivity index (χ3v) is 4.59. The van der Waals surface area contributed by atoms with Crippen molar-refractivity contribution in [2.75, 3.05) is 17.7 Å². The van der Waals surface area contributed by atoms with Gasteiger partial charge in [-0.25, -0.2) is 9.97 Å². The van der Waals surface area contributed by atoms with Gasteiger partial charge in [0.1, 0.15) is 12.1 Å². The van der Waals surface area contributed by atoms with Gasteiger partial charge in [-0.15, -0.1) is 0 Å². The van der Waals surface area contributed by atoms with Crippen LogP contribution in [0.4, 0.5) is 23.1 Å². The zero-order valence-corrected chi connectivity index (χ0v) is 18.6. The summed E-state index contributed by atoms with van der Waals surface area (Å²) in [6.45, 7) is 0. The van der Waals surface area contributed by atoms with Crippen LogP contribution in [0, 0.1) is 11.3 Å². The second kappa shape index (κ2) is 10.5. The van der Waals surface area contributed by atoms with Crippen molar-refractivity contribution >= 4 is 29.1 Å². The van der Waals surface area contributed by atoms with E-state index in [1.165, 1.54) is 7.11 Å². The molecule has 0 saturated heterocycles. The van der Waals surface area contributed by atoms with Crippen molar-refractivity contribution in [1.29, 1.82) is 5.26 Å². The first-order chi connectivity index (χ1) is 16.0. The van der Waals surface area contributed by atoms with Crippen molar-refractivity contribution < 1.29 is 33.5 Å². The molecule has 34 heavy (non-hydrogen) atoms. The molecule has 12 heteroatoms. The van der Waals surface area contributed by atoms with Crippen molar-refractivity contribution in [3.63, 3.8) is 0 Å². The first-order valence-electron chi connectivity index (χ1n) is 9.64. The van der Waals surface area contributed by atoms with Crippen LogP contribution in [-0.4, -0.2) is 37.8 Å². The van der Waals surface area contributed by atoms with Crippen LogP contribution < -0.4 is 39.3 Å². The third kappa shape index (κ3) is 5.15. The summed E-state index contributed by atoms with van der Waals surface area (Å²) in [4.78, 5) is 24.3. The summed E-state index contributed by atoms with van der Waals surface area (Å²) in [6.07, 6.45) is 2.71. The quantitative estimate of drug-likeness (QED) is 0.337. The number of carbonyl (C=O) groups is 1. The molecule has 2 N–H and O–H groups in total. The number of hydrogen-bond acceptors (Lipinski definition) is 10. The number of ether oxygens (including phenoxy) is 1. The number of rotatable bonds is 7. The van der Waals surface area contributed by atoms with Crippen molar-refractivity contribution in [3.05, 3.63) is 66.1 Å². The van der Waals surface area contributed by atoms with Gasteiger partial charge in [0.2, 0.25) is 5.95 Å². The average molecular weight is 448 g/mol. The van der Waals surface area contributed by atoms with Gasteiger partial charge in [0, 0.05) is 18.9 Å². The molecule has 2 aromatic carbocycles. The molecule has 4 rings (SSSR count). The molecule has 164 valence electrons. The largest absolute Gasteiger partial charge is 1.00 e. The number of nitrogens with one attached hydrogen (secondary N) is 2. The Hall–Kier alpha value is -4.38. The Bertz CT molecular complexity index is 1370. The molecular weight excluding hydrogens is 431 g/mol. The number of carboxylic acid groups (broad SMARTS) is 1. The Labute approximate surface area is 206 Å². The number of para-hydroxylation sites is 1. The van der Waals surface area contributed by atoms with Crippen LogP contribution in [0.1, 0.15) is 15.9 Å². The molecule has 0 bridgehead atoms. The third-order valence-electron chi connectivity index (χ3n) is 4.59. The van der Waals surface area contributed by atoms with E-state index in [0.717, 1.165) is 6.20 Å². The summed E-state index contributed by atoms with van der Waals surface area (Å²) in [5, 5.41) is 30.9. The van der Waals surface area contributed by atoms with Crippen LogP contribution in [0.2, 0.25) is 0 Å². The Kier molecular flexibility index (Phi) is 7.49. The number of anilines is 4. The van der Waals surface area contributed by atoms with Gasteiger partial charge in [0.25, 0.3) is 0 Å². The Morgan fingerprint density at radius 2 is 1.91 bits per heavy atom. The summed E-state index contributed by atoms with van der Waals surface area (Å²) in [5.74, 6) is -0.430. The second-order valence-electron chi connectivity index (χ2n) is 6.81. The fraction of sp³-hybridized carbons (Fsp3) is 0.0909. The van der Waals surface area contributed by atoms with Crippen molar-refractivity contribution in [2.45, 2.75) is 0 Å². The molecule has 2 aromatic heterocycles. The molecule has 0 radical (unpaired) electrons. The summed E-state index contributed by atoms with van der Waals surface area (Å²) in [6, 6.07) is 13.9. The molecule has 0 aliphatic heterocycles. The first kappa shape index (κ1) is 24.3. The summed E-state index contributed by atoms with van der Waals surface area (Å²) in [5.41, 5.74) is 1.97. The molecule has 0 aliphatic rings.